The minimum absolute atomic E-state index is 0.0103. The Balaban J connectivity index is 1.24. The molecule has 0 N–H and O–H groups in total. The second-order valence-electron chi connectivity index (χ2n) is 10.4. The molecule has 2 heterocycles. The summed E-state index contributed by atoms with van der Waals surface area (Å²) in [6.45, 7) is 7.06. The molecule has 0 spiro atoms. The highest BCUT2D eigenvalue weighted by atomic mass is 19.4. The molecule has 2 atom stereocenters. The molecular weight excluding hydrogens is 514 g/mol. The minimum atomic E-state index is -4.37. The standard InChI is InChI=1S/C30H29F4NO4/c1-4-37-27(36)14-18-5-12-25(23(31)13-18)38-16-26-28(39-26)35-17-29(2,3)22-15-20(8-11-24(22)35)19-6-9-21(10-7-19)30(32,33)34/h5-13,15,26,28H,4,14,16-17H2,1-3H3. The van der Waals surface area contributed by atoms with Crippen LogP contribution in [0.4, 0.5) is 23.2 Å². The van der Waals surface area contributed by atoms with Crippen molar-refractivity contribution in [1.29, 1.82) is 0 Å². The lowest BCUT2D eigenvalue weighted by Crippen LogP contribution is -2.32. The zero-order valence-electron chi connectivity index (χ0n) is 21.8. The molecule has 2 unspecified atom stereocenters. The number of rotatable bonds is 8. The second-order valence-corrected chi connectivity index (χ2v) is 10.4. The predicted molar refractivity (Wildman–Crippen MR) is 138 cm³/mol. The molecule has 0 bridgehead atoms. The van der Waals surface area contributed by atoms with Crippen molar-refractivity contribution in [2.75, 3.05) is 24.7 Å². The number of hydrogen-bond donors (Lipinski definition) is 0. The van der Waals surface area contributed by atoms with Gasteiger partial charge in [-0.1, -0.05) is 38.1 Å². The molecule has 0 aromatic heterocycles. The van der Waals surface area contributed by atoms with E-state index in [0.29, 0.717) is 17.7 Å². The van der Waals surface area contributed by atoms with Gasteiger partial charge < -0.3 is 19.1 Å². The molecule has 3 aromatic rings. The van der Waals surface area contributed by atoms with E-state index in [1.807, 2.05) is 18.2 Å². The number of esters is 1. The first-order valence-corrected chi connectivity index (χ1v) is 12.8. The Hall–Kier alpha value is -3.59. The Morgan fingerprint density at radius 2 is 1.77 bits per heavy atom. The van der Waals surface area contributed by atoms with Crippen molar-refractivity contribution in [3.8, 4) is 16.9 Å². The Labute approximate surface area is 224 Å². The number of alkyl halides is 3. The average molecular weight is 544 g/mol. The molecule has 1 saturated heterocycles. The van der Waals surface area contributed by atoms with Crippen molar-refractivity contribution < 1.29 is 36.6 Å². The number of benzene rings is 3. The Morgan fingerprint density at radius 1 is 1.05 bits per heavy atom. The van der Waals surface area contributed by atoms with E-state index in [1.54, 1.807) is 13.0 Å². The van der Waals surface area contributed by atoms with Gasteiger partial charge in [-0.05, 0) is 65.6 Å². The van der Waals surface area contributed by atoms with E-state index in [0.717, 1.165) is 28.9 Å². The topological polar surface area (TPSA) is 51.3 Å². The number of epoxide rings is 1. The number of carbonyl (C=O) groups is 1. The largest absolute Gasteiger partial charge is 0.488 e. The van der Waals surface area contributed by atoms with E-state index in [2.05, 4.69) is 18.7 Å². The molecule has 3 aromatic carbocycles. The molecule has 5 rings (SSSR count). The quantitative estimate of drug-likeness (QED) is 0.184. The van der Waals surface area contributed by atoms with Crippen LogP contribution in [0.15, 0.2) is 60.7 Å². The van der Waals surface area contributed by atoms with Gasteiger partial charge in [-0.15, -0.1) is 0 Å². The van der Waals surface area contributed by atoms with E-state index in [1.165, 1.54) is 24.3 Å². The maximum atomic E-state index is 14.5. The molecule has 1 fully saturated rings. The molecular formula is C30H29F4NO4. The number of ether oxygens (including phenoxy) is 3. The summed E-state index contributed by atoms with van der Waals surface area (Å²) < 4.78 is 69.9. The van der Waals surface area contributed by atoms with Crippen LogP contribution in [-0.2, 0) is 32.3 Å². The molecule has 2 aliphatic heterocycles. The van der Waals surface area contributed by atoms with Crippen molar-refractivity contribution in [1.82, 2.24) is 0 Å². The van der Waals surface area contributed by atoms with E-state index in [-0.39, 0.29) is 43.1 Å². The zero-order chi connectivity index (χ0) is 27.9. The predicted octanol–water partition coefficient (Wildman–Crippen LogP) is 6.52. The third kappa shape index (κ3) is 5.73. The summed E-state index contributed by atoms with van der Waals surface area (Å²) in [5.74, 6) is -0.891. The van der Waals surface area contributed by atoms with Crippen LogP contribution in [0.2, 0.25) is 0 Å². The van der Waals surface area contributed by atoms with Crippen molar-refractivity contribution in [2.24, 2.45) is 0 Å². The zero-order valence-corrected chi connectivity index (χ0v) is 21.8. The third-order valence-corrected chi connectivity index (χ3v) is 7.06. The van der Waals surface area contributed by atoms with E-state index >= 15 is 0 Å². The lowest BCUT2D eigenvalue weighted by atomic mass is 9.85. The third-order valence-electron chi connectivity index (χ3n) is 7.06. The molecule has 0 saturated carbocycles. The van der Waals surface area contributed by atoms with Crippen molar-refractivity contribution in [3.63, 3.8) is 0 Å². The molecule has 0 radical (unpaired) electrons. The number of nitrogens with zero attached hydrogens (tertiary/aromatic N) is 1. The number of halogens is 4. The number of fused-ring (bicyclic) bond motifs is 1. The fraction of sp³-hybridized carbons (Fsp3) is 0.367. The van der Waals surface area contributed by atoms with Crippen LogP contribution in [-0.4, -0.2) is 38.1 Å². The maximum Gasteiger partial charge on any atom is 0.416 e. The Kier molecular flexibility index (Phi) is 7.05. The van der Waals surface area contributed by atoms with Crippen LogP contribution in [0.25, 0.3) is 11.1 Å². The van der Waals surface area contributed by atoms with Gasteiger partial charge in [0.25, 0.3) is 0 Å². The van der Waals surface area contributed by atoms with E-state index in [4.69, 9.17) is 14.2 Å². The Bertz CT molecular complexity index is 1370. The van der Waals surface area contributed by atoms with E-state index < -0.39 is 23.5 Å². The van der Waals surface area contributed by atoms with Crippen LogP contribution in [0.3, 0.4) is 0 Å². The van der Waals surface area contributed by atoms with Gasteiger partial charge in [0.05, 0.1) is 18.6 Å². The highest BCUT2D eigenvalue weighted by Gasteiger charge is 2.50. The maximum absolute atomic E-state index is 14.5. The van der Waals surface area contributed by atoms with Gasteiger partial charge in [-0.3, -0.25) is 4.79 Å². The van der Waals surface area contributed by atoms with Gasteiger partial charge in [0.15, 0.2) is 17.8 Å². The molecule has 5 nitrogen and oxygen atoms in total. The second kappa shape index (κ2) is 10.2. The summed E-state index contributed by atoms with van der Waals surface area (Å²) >= 11 is 0. The molecule has 9 heteroatoms. The Morgan fingerprint density at radius 3 is 2.44 bits per heavy atom. The smallest absolute Gasteiger partial charge is 0.416 e. The number of carbonyl (C=O) groups excluding carboxylic acids is 1. The molecule has 0 aliphatic carbocycles. The van der Waals surface area contributed by atoms with Gasteiger partial charge >= 0.3 is 12.1 Å². The van der Waals surface area contributed by atoms with Gasteiger partial charge in [-0.25, -0.2) is 4.39 Å². The molecule has 2 aliphatic rings. The summed E-state index contributed by atoms with van der Waals surface area (Å²) in [5, 5.41) is 0. The van der Waals surface area contributed by atoms with Crippen molar-refractivity contribution in [3.05, 3.63) is 83.2 Å². The van der Waals surface area contributed by atoms with Crippen molar-refractivity contribution in [2.45, 2.75) is 51.1 Å². The lowest BCUT2D eigenvalue weighted by molar-refractivity contribution is -0.142. The first-order valence-electron chi connectivity index (χ1n) is 12.8. The van der Waals surface area contributed by atoms with E-state index in [9.17, 15) is 22.4 Å². The fourth-order valence-corrected chi connectivity index (χ4v) is 5.03. The first-order chi connectivity index (χ1) is 18.5. The van der Waals surface area contributed by atoms with Crippen LogP contribution in [0, 0.1) is 5.82 Å². The molecule has 0 amide bonds. The van der Waals surface area contributed by atoms with Gasteiger partial charge in [0.2, 0.25) is 0 Å². The summed E-state index contributed by atoms with van der Waals surface area (Å²) in [6.07, 6.45) is -4.86. The number of anilines is 1. The van der Waals surface area contributed by atoms with Crippen LogP contribution in [0.1, 0.15) is 37.5 Å². The van der Waals surface area contributed by atoms with Crippen LogP contribution < -0.4 is 9.64 Å². The fourth-order valence-electron chi connectivity index (χ4n) is 5.03. The normalized spacial score (nSPS) is 19.5. The number of hydrogen-bond acceptors (Lipinski definition) is 5. The summed E-state index contributed by atoms with van der Waals surface area (Å²) in [7, 11) is 0. The monoisotopic (exact) mass is 543 g/mol. The highest BCUT2D eigenvalue weighted by Crippen LogP contribution is 2.46. The minimum Gasteiger partial charge on any atom is -0.488 e. The first kappa shape index (κ1) is 27.0. The molecule has 206 valence electrons. The van der Waals surface area contributed by atoms with Crippen molar-refractivity contribution >= 4 is 11.7 Å². The van der Waals surface area contributed by atoms with Crippen LogP contribution >= 0.6 is 0 Å². The van der Waals surface area contributed by atoms with Gasteiger partial charge in [0, 0.05) is 17.6 Å². The van der Waals surface area contributed by atoms with Gasteiger partial charge in [0.1, 0.15) is 12.7 Å². The summed E-state index contributed by atoms with van der Waals surface area (Å²) in [4.78, 5) is 13.8. The lowest BCUT2D eigenvalue weighted by Gasteiger charge is -2.20. The average Bonchev–Trinajstić information content (AvgIpc) is 3.60. The summed E-state index contributed by atoms with van der Waals surface area (Å²) in [5.41, 5.74) is 3.25. The molecule has 39 heavy (non-hydrogen) atoms. The van der Waals surface area contributed by atoms with Gasteiger partial charge in [-0.2, -0.15) is 13.2 Å². The SMILES string of the molecule is CCOC(=O)Cc1ccc(OCC2OC2N2CC(C)(C)c3cc(-c4ccc(C(F)(F)F)cc4)ccc32)c(F)c1. The highest BCUT2D eigenvalue weighted by molar-refractivity contribution is 5.73. The summed E-state index contributed by atoms with van der Waals surface area (Å²) in [6, 6.07) is 15.5. The van der Waals surface area contributed by atoms with Crippen LogP contribution in [0.5, 0.6) is 5.75 Å².